The first-order valence-corrected chi connectivity index (χ1v) is 9.11. The molecule has 6 heteroatoms. The number of benzene rings is 2. The summed E-state index contributed by atoms with van der Waals surface area (Å²) in [5.74, 6) is -0.219. The maximum atomic E-state index is 12.1. The fourth-order valence-electron chi connectivity index (χ4n) is 2.21. The van der Waals surface area contributed by atoms with Crippen LogP contribution in [0.15, 0.2) is 54.6 Å². The minimum atomic E-state index is -3.44. The number of anilines is 2. The summed E-state index contributed by atoms with van der Waals surface area (Å²) in [4.78, 5) is 12.1. The largest absolute Gasteiger partial charge is 0.326 e. The molecule has 0 aliphatic rings. The molecule has 0 saturated heterocycles. The van der Waals surface area contributed by atoms with E-state index in [1.165, 1.54) is 4.31 Å². The number of hydrogen-bond donors (Lipinski definition) is 1. The van der Waals surface area contributed by atoms with Gasteiger partial charge in [0.25, 0.3) is 0 Å². The molecule has 0 radical (unpaired) electrons. The molecule has 23 heavy (non-hydrogen) atoms. The molecule has 0 aromatic heterocycles. The number of nitrogens with one attached hydrogen (secondary N) is 1. The van der Waals surface area contributed by atoms with E-state index in [-0.39, 0.29) is 18.9 Å². The van der Waals surface area contributed by atoms with E-state index in [0.29, 0.717) is 5.69 Å². The quantitative estimate of drug-likeness (QED) is 0.884. The molecular formula is C17H20N2O3S. The molecule has 2 aromatic carbocycles. The second-order valence-corrected chi connectivity index (χ2v) is 7.19. The Morgan fingerprint density at radius 2 is 1.65 bits per heavy atom. The summed E-state index contributed by atoms with van der Waals surface area (Å²) in [6.07, 6.45) is 1.22. The number of aryl methyl sites for hydroxylation is 1. The van der Waals surface area contributed by atoms with Gasteiger partial charge in [0.2, 0.25) is 15.9 Å². The van der Waals surface area contributed by atoms with Crippen LogP contribution < -0.4 is 9.62 Å². The van der Waals surface area contributed by atoms with Gasteiger partial charge >= 0.3 is 0 Å². The second kappa shape index (κ2) is 7.28. The lowest BCUT2D eigenvalue weighted by atomic mass is 10.2. The molecule has 0 aliphatic carbocycles. The van der Waals surface area contributed by atoms with Crippen LogP contribution in [0.5, 0.6) is 0 Å². The highest BCUT2D eigenvalue weighted by atomic mass is 32.2. The average molecular weight is 332 g/mol. The van der Waals surface area contributed by atoms with Crippen molar-refractivity contribution in [3.05, 3.63) is 60.2 Å². The van der Waals surface area contributed by atoms with Gasteiger partial charge in [0, 0.05) is 18.7 Å². The van der Waals surface area contributed by atoms with Crippen LogP contribution in [0.1, 0.15) is 12.0 Å². The fourth-order valence-corrected chi connectivity index (χ4v) is 3.14. The molecule has 0 aliphatic heterocycles. The number of amides is 1. The highest BCUT2D eigenvalue weighted by Crippen LogP contribution is 2.18. The normalized spacial score (nSPS) is 11.0. The molecular weight excluding hydrogens is 312 g/mol. The standard InChI is InChI=1S/C17H20N2O3S/c1-14-8-6-7-11-16(14)18-17(20)12-13-19(23(2,21)22)15-9-4-3-5-10-15/h3-11H,12-13H2,1-2H3,(H,18,20). The number of carbonyl (C=O) groups excluding carboxylic acids is 1. The SMILES string of the molecule is Cc1ccccc1NC(=O)CCN(c1ccccc1)S(C)(=O)=O. The molecule has 0 heterocycles. The zero-order valence-electron chi connectivity index (χ0n) is 13.2. The lowest BCUT2D eigenvalue weighted by Crippen LogP contribution is -2.33. The molecule has 2 aromatic rings. The van der Waals surface area contributed by atoms with Gasteiger partial charge in [-0.1, -0.05) is 36.4 Å². The maximum Gasteiger partial charge on any atom is 0.232 e. The van der Waals surface area contributed by atoms with Crippen molar-refractivity contribution in [2.24, 2.45) is 0 Å². The molecule has 0 spiro atoms. The molecule has 0 atom stereocenters. The number of carbonyl (C=O) groups is 1. The molecule has 1 N–H and O–H groups in total. The van der Waals surface area contributed by atoms with Crippen LogP contribution in [0, 0.1) is 6.92 Å². The third kappa shape index (κ3) is 4.82. The van der Waals surface area contributed by atoms with Crippen molar-refractivity contribution in [1.29, 1.82) is 0 Å². The smallest absolute Gasteiger partial charge is 0.232 e. The number of hydrogen-bond acceptors (Lipinski definition) is 3. The zero-order chi connectivity index (χ0) is 16.9. The van der Waals surface area contributed by atoms with Gasteiger partial charge in [-0.15, -0.1) is 0 Å². The number of para-hydroxylation sites is 2. The minimum absolute atomic E-state index is 0.0797. The van der Waals surface area contributed by atoms with Gasteiger partial charge in [0.1, 0.15) is 0 Å². The summed E-state index contributed by atoms with van der Waals surface area (Å²) in [5, 5.41) is 2.81. The van der Waals surface area contributed by atoms with E-state index in [1.54, 1.807) is 24.3 Å². The van der Waals surface area contributed by atoms with E-state index in [1.807, 2.05) is 37.3 Å². The zero-order valence-corrected chi connectivity index (χ0v) is 14.0. The molecule has 2 rings (SSSR count). The summed E-state index contributed by atoms with van der Waals surface area (Å²) >= 11 is 0. The Morgan fingerprint density at radius 3 is 2.26 bits per heavy atom. The van der Waals surface area contributed by atoms with E-state index in [0.717, 1.165) is 17.5 Å². The van der Waals surface area contributed by atoms with Crippen LogP contribution in [0.4, 0.5) is 11.4 Å². The Bertz CT molecular complexity index is 773. The first kappa shape index (κ1) is 17.0. The third-order valence-electron chi connectivity index (χ3n) is 3.41. The lowest BCUT2D eigenvalue weighted by Gasteiger charge is -2.22. The molecule has 0 saturated carbocycles. The Balaban J connectivity index is 2.05. The number of nitrogens with zero attached hydrogens (tertiary/aromatic N) is 1. The summed E-state index contributed by atoms with van der Waals surface area (Å²) in [5.41, 5.74) is 2.26. The molecule has 1 amide bonds. The average Bonchev–Trinajstić information content (AvgIpc) is 2.49. The summed E-state index contributed by atoms with van der Waals surface area (Å²) in [7, 11) is -3.44. The number of sulfonamides is 1. The first-order valence-electron chi connectivity index (χ1n) is 7.26. The van der Waals surface area contributed by atoms with Gasteiger partial charge in [-0.25, -0.2) is 8.42 Å². The summed E-state index contributed by atoms with van der Waals surface area (Å²) in [6, 6.07) is 16.2. The molecule has 122 valence electrons. The number of rotatable bonds is 6. The van der Waals surface area contributed by atoms with Crippen molar-refractivity contribution in [2.75, 3.05) is 22.4 Å². The van der Waals surface area contributed by atoms with Crippen molar-refractivity contribution >= 4 is 27.3 Å². The monoisotopic (exact) mass is 332 g/mol. The Kier molecular flexibility index (Phi) is 5.39. The van der Waals surface area contributed by atoms with Gasteiger partial charge < -0.3 is 5.32 Å². The van der Waals surface area contributed by atoms with E-state index < -0.39 is 10.0 Å². The van der Waals surface area contributed by atoms with Gasteiger partial charge in [-0.2, -0.15) is 0 Å². The molecule has 0 bridgehead atoms. The van der Waals surface area contributed by atoms with Crippen molar-refractivity contribution in [3.63, 3.8) is 0 Å². The van der Waals surface area contributed by atoms with E-state index in [2.05, 4.69) is 5.32 Å². The van der Waals surface area contributed by atoms with Crippen LogP contribution in [-0.2, 0) is 14.8 Å². The Morgan fingerprint density at radius 1 is 1.04 bits per heavy atom. The maximum absolute atomic E-state index is 12.1. The summed E-state index contributed by atoms with van der Waals surface area (Å²) < 4.78 is 25.1. The van der Waals surface area contributed by atoms with Crippen LogP contribution in [0.25, 0.3) is 0 Å². The first-order chi connectivity index (χ1) is 10.9. The van der Waals surface area contributed by atoms with Crippen molar-refractivity contribution < 1.29 is 13.2 Å². The van der Waals surface area contributed by atoms with Crippen LogP contribution in [0.2, 0.25) is 0 Å². The molecule has 0 unspecified atom stereocenters. The highest BCUT2D eigenvalue weighted by Gasteiger charge is 2.18. The van der Waals surface area contributed by atoms with Gasteiger partial charge in [-0.3, -0.25) is 9.10 Å². The molecule has 5 nitrogen and oxygen atoms in total. The van der Waals surface area contributed by atoms with E-state index in [9.17, 15) is 13.2 Å². The van der Waals surface area contributed by atoms with Crippen LogP contribution in [0.3, 0.4) is 0 Å². The van der Waals surface area contributed by atoms with E-state index in [4.69, 9.17) is 0 Å². The topological polar surface area (TPSA) is 66.5 Å². The van der Waals surface area contributed by atoms with Gasteiger partial charge in [0.05, 0.1) is 11.9 Å². The van der Waals surface area contributed by atoms with Crippen molar-refractivity contribution in [3.8, 4) is 0 Å². The predicted octanol–water partition coefficient (Wildman–Crippen LogP) is 2.79. The minimum Gasteiger partial charge on any atom is -0.326 e. The fraction of sp³-hybridized carbons (Fsp3) is 0.235. The van der Waals surface area contributed by atoms with Crippen LogP contribution in [-0.4, -0.2) is 27.1 Å². The third-order valence-corrected chi connectivity index (χ3v) is 4.60. The summed E-state index contributed by atoms with van der Waals surface area (Å²) in [6.45, 7) is 2.00. The Labute approximate surface area is 137 Å². The lowest BCUT2D eigenvalue weighted by molar-refractivity contribution is -0.116. The predicted molar refractivity (Wildman–Crippen MR) is 93.1 cm³/mol. The van der Waals surface area contributed by atoms with E-state index >= 15 is 0 Å². The van der Waals surface area contributed by atoms with Crippen molar-refractivity contribution in [1.82, 2.24) is 0 Å². The molecule has 0 fully saturated rings. The van der Waals surface area contributed by atoms with Crippen molar-refractivity contribution in [2.45, 2.75) is 13.3 Å². The Hall–Kier alpha value is -2.34. The van der Waals surface area contributed by atoms with Gasteiger partial charge in [-0.05, 0) is 30.7 Å². The highest BCUT2D eigenvalue weighted by molar-refractivity contribution is 7.92. The second-order valence-electron chi connectivity index (χ2n) is 5.28. The van der Waals surface area contributed by atoms with Crippen LogP contribution >= 0.6 is 0 Å². The van der Waals surface area contributed by atoms with Gasteiger partial charge in [0.15, 0.2) is 0 Å².